The lowest BCUT2D eigenvalue weighted by molar-refractivity contribution is -0.123. The molecule has 3 aliphatic heterocycles. The first kappa shape index (κ1) is 24.6. The Kier molecular flexibility index (Phi) is 6.99. The average Bonchev–Trinajstić information content (AvgIpc) is 3.09. The molecular weight excluding hydrogens is 456 g/mol. The van der Waals surface area contributed by atoms with Crippen LogP contribution in [0.2, 0.25) is 0 Å². The van der Waals surface area contributed by atoms with Crippen LogP contribution in [0.5, 0.6) is 5.75 Å². The lowest BCUT2D eigenvalue weighted by Gasteiger charge is -2.35. The van der Waals surface area contributed by atoms with Crippen molar-refractivity contribution in [2.24, 2.45) is 4.99 Å². The molecule has 0 radical (unpaired) electrons. The zero-order valence-corrected chi connectivity index (χ0v) is 21.2. The Morgan fingerprint density at radius 3 is 2.53 bits per heavy atom. The van der Waals surface area contributed by atoms with Crippen molar-refractivity contribution in [3.63, 3.8) is 0 Å². The molecule has 1 saturated heterocycles. The van der Waals surface area contributed by atoms with Crippen molar-refractivity contribution >= 4 is 21.8 Å². The van der Waals surface area contributed by atoms with Gasteiger partial charge in [0.1, 0.15) is 11.6 Å². The summed E-state index contributed by atoms with van der Waals surface area (Å²) >= 11 is 0. The number of rotatable bonds is 7. The highest BCUT2D eigenvalue weighted by Gasteiger charge is 2.40. The number of benzene rings is 1. The fourth-order valence-electron chi connectivity index (χ4n) is 4.76. The Balaban J connectivity index is 1.78. The second kappa shape index (κ2) is 9.65. The Labute approximate surface area is 201 Å². The molecule has 0 saturated carbocycles. The molecule has 1 aromatic rings. The molecule has 11 heteroatoms. The van der Waals surface area contributed by atoms with Crippen LogP contribution in [-0.4, -0.2) is 74.3 Å². The molecule has 3 aliphatic rings. The quantitative estimate of drug-likeness (QED) is 0.525. The molecule has 10 nitrogen and oxygen atoms in total. The number of amides is 1. The molecular formula is C23H34N6O4S. The van der Waals surface area contributed by atoms with Crippen LogP contribution in [-0.2, 0) is 14.8 Å². The van der Waals surface area contributed by atoms with E-state index in [-0.39, 0.29) is 22.9 Å². The Morgan fingerprint density at radius 1 is 1.18 bits per heavy atom. The van der Waals surface area contributed by atoms with Gasteiger partial charge in [-0.1, -0.05) is 13.3 Å². The van der Waals surface area contributed by atoms with E-state index >= 15 is 0 Å². The normalized spacial score (nSPS) is 26.1. The minimum Gasteiger partial charge on any atom is -0.493 e. The van der Waals surface area contributed by atoms with Crippen molar-refractivity contribution in [1.29, 1.82) is 0 Å². The molecule has 3 N–H and O–H groups in total. The predicted octanol–water partition coefficient (Wildman–Crippen LogP) is 1.16. The number of ether oxygens (including phenoxy) is 1. The molecule has 1 unspecified atom stereocenters. The third-order valence-corrected chi connectivity index (χ3v) is 7.98. The van der Waals surface area contributed by atoms with Crippen LogP contribution in [0.1, 0.15) is 46.1 Å². The van der Waals surface area contributed by atoms with E-state index in [1.807, 2.05) is 27.8 Å². The highest BCUT2D eigenvalue weighted by Crippen LogP contribution is 2.31. The topological polar surface area (TPSA) is 115 Å². The van der Waals surface area contributed by atoms with Gasteiger partial charge in [0.25, 0.3) is 5.91 Å². The first-order valence-electron chi connectivity index (χ1n) is 11.8. The van der Waals surface area contributed by atoms with E-state index < -0.39 is 16.1 Å². The van der Waals surface area contributed by atoms with Crippen molar-refractivity contribution in [1.82, 2.24) is 25.4 Å². The third kappa shape index (κ3) is 4.57. The molecule has 3 atom stereocenters. The van der Waals surface area contributed by atoms with Crippen molar-refractivity contribution in [3.8, 4) is 5.75 Å². The van der Waals surface area contributed by atoms with Gasteiger partial charge in [-0.05, 0) is 45.4 Å². The molecule has 34 heavy (non-hydrogen) atoms. The van der Waals surface area contributed by atoms with Crippen molar-refractivity contribution in [3.05, 3.63) is 35.2 Å². The van der Waals surface area contributed by atoms with Crippen LogP contribution in [0.3, 0.4) is 0 Å². The summed E-state index contributed by atoms with van der Waals surface area (Å²) in [4.78, 5) is 17.9. The van der Waals surface area contributed by atoms with Gasteiger partial charge in [-0.2, -0.15) is 4.31 Å². The molecule has 3 heterocycles. The highest BCUT2D eigenvalue weighted by atomic mass is 32.2. The van der Waals surface area contributed by atoms with Crippen LogP contribution in [0.25, 0.3) is 0 Å². The van der Waals surface area contributed by atoms with Crippen LogP contribution in [0.15, 0.2) is 39.5 Å². The summed E-state index contributed by atoms with van der Waals surface area (Å²) in [6.07, 6.45) is 1.66. The number of likely N-dealkylation sites (N-methyl/N-ethyl adjacent to an activating group) is 1. The predicted molar refractivity (Wildman–Crippen MR) is 130 cm³/mol. The monoisotopic (exact) mass is 490 g/mol. The largest absolute Gasteiger partial charge is 0.493 e. The fraction of sp³-hybridized carbons (Fsp3) is 0.565. The van der Waals surface area contributed by atoms with Gasteiger partial charge in [0.05, 0.1) is 28.5 Å². The number of aliphatic imine (C=N–C) groups is 1. The van der Waals surface area contributed by atoms with E-state index in [0.717, 1.165) is 18.5 Å². The summed E-state index contributed by atoms with van der Waals surface area (Å²) in [5, 5.41) is 7.97. The van der Waals surface area contributed by atoms with E-state index in [4.69, 9.17) is 9.73 Å². The smallest absolute Gasteiger partial charge is 0.251 e. The van der Waals surface area contributed by atoms with Gasteiger partial charge >= 0.3 is 0 Å². The SMILES string of the molecule is CCCC1=C2N=C(c3cc(S(=O)(=O)N4C[C@@H](C)N[C@@H](C)C4)ccc3OCC)NC(=O)C2N(C)N1. The summed E-state index contributed by atoms with van der Waals surface area (Å²) in [5.74, 6) is 0.545. The average molecular weight is 491 g/mol. The minimum atomic E-state index is -3.74. The van der Waals surface area contributed by atoms with Gasteiger partial charge in [0.2, 0.25) is 10.0 Å². The summed E-state index contributed by atoms with van der Waals surface area (Å²) in [6, 6.07) is 4.33. The number of hydrogen-bond acceptors (Lipinski definition) is 8. The van der Waals surface area contributed by atoms with E-state index in [1.54, 1.807) is 23.2 Å². The molecule has 0 aliphatic carbocycles. The van der Waals surface area contributed by atoms with Crippen molar-refractivity contribution in [2.75, 3.05) is 26.7 Å². The van der Waals surface area contributed by atoms with Gasteiger partial charge in [-0.3, -0.25) is 4.79 Å². The summed E-state index contributed by atoms with van der Waals surface area (Å²) in [6.45, 7) is 9.03. The van der Waals surface area contributed by atoms with Crippen LogP contribution < -0.4 is 20.8 Å². The number of nitrogens with zero attached hydrogens (tertiary/aromatic N) is 3. The van der Waals surface area contributed by atoms with Crippen LogP contribution in [0, 0.1) is 0 Å². The third-order valence-electron chi connectivity index (χ3n) is 6.16. The highest BCUT2D eigenvalue weighted by molar-refractivity contribution is 7.89. The van der Waals surface area contributed by atoms with E-state index in [9.17, 15) is 13.2 Å². The summed E-state index contributed by atoms with van der Waals surface area (Å²) < 4.78 is 34.3. The van der Waals surface area contributed by atoms with Crippen LogP contribution in [0.4, 0.5) is 0 Å². The molecule has 1 aromatic carbocycles. The summed E-state index contributed by atoms with van der Waals surface area (Å²) in [7, 11) is -1.94. The number of fused-ring (bicyclic) bond motifs is 1. The maximum Gasteiger partial charge on any atom is 0.251 e. The lowest BCUT2D eigenvalue weighted by atomic mass is 10.1. The van der Waals surface area contributed by atoms with Gasteiger partial charge in [0, 0.05) is 32.2 Å². The lowest BCUT2D eigenvalue weighted by Crippen LogP contribution is -2.55. The molecule has 0 aromatic heterocycles. The number of piperazine rings is 1. The second-order valence-corrected chi connectivity index (χ2v) is 11.0. The molecule has 1 fully saturated rings. The second-order valence-electron chi connectivity index (χ2n) is 9.07. The Bertz CT molecular complexity index is 1120. The number of nitrogens with one attached hydrogen (secondary N) is 3. The van der Waals surface area contributed by atoms with Crippen molar-refractivity contribution < 1.29 is 17.9 Å². The minimum absolute atomic E-state index is 0.0513. The van der Waals surface area contributed by atoms with E-state index in [1.165, 1.54) is 4.31 Å². The van der Waals surface area contributed by atoms with Crippen molar-refractivity contribution in [2.45, 2.75) is 63.6 Å². The van der Waals surface area contributed by atoms with E-state index in [0.29, 0.717) is 42.5 Å². The standard InChI is InChI=1S/C23H34N6O4S/c1-6-8-18-20-21(28(5)27-18)23(30)26-22(25-20)17-11-16(9-10-19(17)33-7-2)34(31,32)29-12-14(3)24-15(4)13-29/h9-11,14-15,21,24,27H,6-8,12-13H2,1-5H3,(H,25,26,30)/t14-,15+,21?. The molecule has 1 amide bonds. The van der Waals surface area contributed by atoms with E-state index in [2.05, 4.69) is 23.0 Å². The van der Waals surface area contributed by atoms with Gasteiger partial charge in [-0.15, -0.1) is 0 Å². The van der Waals surface area contributed by atoms with Gasteiger partial charge in [0.15, 0.2) is 6.04 Å². The first-order valence-corrected chi connectivity index (χ1v) is 13.2. The first-order chi connectivity index (χ1) is 16.1. The number of carbonyl (C=O) groups excluding carboxylic acids is 1. The number of sulfonamides is 1. The zero-order chi connectivity index (χ0) is 24.6. The molecule has 186 valence electrons. The number of hydrogen-bond donors (Lipinski definition) is 3. The number of carbonyl (C=O) groups is 1. The number of hydrazine groups is 1. The maximum atomic E-state index is 13.5. The molecule has 0 spiro atoms. The number of amidine groups is 1. The summed E-state index contributed by atoms with van der Waals surface area (Å²) in [5.41, 5.74) is 5.23. The zero-order valence-electron chi connectivity index (χ0n) is 20.4. The van der Waals surface area contributed by atoms with Crippen LogP contribution >= 0.6 is 0 Å². The van der Waals surface area contributed by atoms with Gasteiger partial charge < -0.3 is 20.8 Å². The molecule has 4 rings (SSSR count). The van der Waals surface area contributed by atoms with Gasteiger partial charge in [-0.25, -0.2) is 18.4 Å². The number of allylic oxidation sites excluding steroid dienone is 1. The fourth-order valence-corrected chi connectivity index (χ4v) is 6.41. The Hall–Kier alpha value is -2.47. The maximum absolute atomic E-state index is 13.5. The Morgan fingerprint density at radius 2 is 1.88 bits per heavy atom. The molecule has 0 bridgehead atoms.